The first-order chi connectivity index (χ1) is 12.1. The predicted molar refractivity (Wildman–Crippen MR) is 100 cm³/mol. The summed E-state index contributed by atoms with van der Waals surface area (Å²) in [5.41, 5.74) is 2.88. The van der Waals surface area contributed by atoms with Crippen molar-refractivity contribution in [3.63, 3.8) is 0 Å². The van der Waals surface area contributed by atoms with Crippen LogP contribution in [0.1, 0.15) is 30.9 Å². The van der Waals surface area contributed by atoms with Crippen LogP contribution in [0.15, 0.2) is 60.7 Å². The third kappa shape index (κ3) is 3.77. The van der Waals surface area contributed by atoms with Crippen molar-refractivity contribution < 1.29 is 4.79 Å². The van der Waals surface area contributed by atoms with Gasteiger partial charge in [-0.2, -0.15) is 0 Å². The molecule has 3 atom stereocenters. The van der Waals surface area contributed by atoms with E-state index in [0.717, 1.165) is 19.3 Å². The second-order valence-corrected chi connectivity index (χ2v) is 7.92. The van der Waals surface area contributed by atoms with Crippen molar-refractivity contribution in [1.29, 1.82) is 0 Å². The van der Waals surface area contributed by atoms with Gasteiger partial charge in [-0.05, 0) is 42.2 Å². The Morgan fingerprint density at radius 3 is 2.08 bits per heavy atom. The number of carbonyl (C=O) groups excluding carboxylic acids is 1. The normalized spacial score (nSPS) is 27.1. The lowest BCUT2D eigenvalue weighted by atomic mass is 9.97. The Balaban J connectivity index is 1.44. The maximum absolute atomic E-state index is 12.8. The number of benzene rings is 2. The highest BCUT2D eigenvalue weighted by molar-refractivity contribution is 5.83. The van der Waals surface area contributed by atoms with E-state index in [1.54, 1.807) is 0 Å². The first-order valence-corrected chi connectivity index (χ1v) is 9.27. The number of nitrogens with one attached hydrogen (secondary N) is 2. The van der Waals surface area contributed by atoms with Crippen LogP contribution in [-0.4, -0.2) is 24.0 Å². The SMILES string of the molecule is CC12CC(C(=O)NC(Cc3ccccc3)Cc3ccccc3)NC1C2. The maximum Gasteiger partial charge on any atom is 0.237 e. The molecular weight excluding hydrogens is 308 g/mol. The Bertz CT molecular complexity index is 689. The molecule has 3 nitrogen and oxygen atoms in total. The Hall–Kier alpha value is -2.13. The molecule has 0 radical (unpaired) electrons. The Morgan fingerprint density at radius 2 is 1.60 bits per heavy atom. The molecule has 1 saturated carbocycles. The molecule has 1 amide bonds. The lowest BCUT2D eigenvalue weighted by molar-refractivity contribution is -0.123. The number of amides is 1. The summed E-state index contributed by atoms with van der Waals surface area (Å²) in [6.07, 6.45) is 3.89. The van der Waals surface area contributed by atoms with Crippen molar-refractivity contribution in [2.45, 2.75) is 50.7 Å². The number of fused-ring (bicyclic) bond motifs is 1. The average Bonchev–Trinajstić information content (AvgIpc) is 3.13. The molecule has 1 saturated heterocycles. The van der Waals surface area contributed by atoms with Crippen LogP contribution in [0.25, 0.3) is 0 Å². The average molecular weight is 334 g/mol. The quantitative estimate of drug-likeness (QED) is 0.852. The molecule has 0 bridgehead atoms. The van der Waals surface area contributed by atoms with Crippen LogP contribution < -0.4 is 10.6 Å². The fourth-order valence-electron chi connectivity index (χ4n) is 4.10. The largest absolute Gasteiger partial charge is 0.351 e. The van der Waals surface area contributed by atoms with E-state index in [1.165, 1.54) is 17.5 Å². The molecule has 2 fully saturated rings. The van der Waals surface area contributed by atoms with Crippen LogP contribution >= 0.6 is 0 Å². The van der Waals surface area contributed by atoms with Gasteiger partial charge in [-0.25, -0.2) is 0 Å². The highest BCUT2D eigenvalue weighted by atomic mass is 16.2. The zero-order valence-corrected chi connectivity index (χ0v) is 14.7. The zero-order valence-electron chi connectivity index (χ0n) is 14.7. The molecule has 1 aliphatic carbocycles. The third-order valence-corrected chi connectivity index (χ3v) is 5.74. The lowest BCUT2D eigenvalue weighted by Crippen LogP contribution is -2.47. The van der Waals surface area contributed by atoms with E-state index in [4.69, 9.17) is 0 Å². The molecule has 1 aliphatic heterocycles. The van der Waals surface area contributed by atoms with Crippen LogP contribution in [0.4, 0.5) is 0 Å². The van der Waals surface area contributed by atoms with E-state index in [2.05, 4.69) is 66.1 Å². The summed E-state index contributed by atoms with van der Waals surface area (Å²) in [5.74, 6) is 0.158. The van der Waals surface area contributed by atoms with E-state index < -0.39 is 0 Å². The predicted octanol–water partition coefficient (Wildman–Crippen LogP) is 3.10. The van der Waals surface area contributed by atoms with Gasteiger partial charge in [0.05, 0.1) is 6.04 Å². The highest BCUT2D eigenvalue weighted by Crippen LogP contribution is 2.53. The van der Waals surface area contributed by atoms with Crippen LogP contribution in [0, 0.1) is 5.41 Å². The van der Waals surface area contributed by atoms with Crippen molar-refractivity contribution in [3.8, 4) is 0 Å². The van der Waals surface area contributed by atoms with Crippen molar-refractivity contribution >= 4 is 5.91 Å². The van der Waals surface area contributed by atoms with Crippen molar-refractivity contribution in [2.75, 3.05) is 0 Å². The summed E-state index contributed by atoms with van der Waals surface area (Å²) in [7, 11) is 0. The van der Waals surface area contributed by atoms with Crippen LogP contribution in [0.2, 0.25) is 0 Å². The molecule has 0 spiro atoms. The maximum atomic E-state index is 12.8. The monoisotopic (exact) mass is 334 g/mol. The van der Waals surface area contributed by atoms with Gasteiger partial charge in [0.2, 0.25) is 5.91 Å². The molecule has 3 heteroatoms. The van der Waals surface area contributed by atoms with Crippen LogP contribution in [-0.2, 0) is 17.6 Å². The van der Waals surface area contributed by atoms with Gasteiger partial charge in [-0.3, -0.25) is 4.79 Å². The molecule has 2 aliphatic rings. The molecule has 25 heavy (non-hydrogen) atoms. The molecule has 2 aromatic carbocycles. The molecule has 2 N–H and O–H groups in total. The number of hydrogen-bond acceptors (Lipinski definition) is 2. The van der Waals surface area contributed by atoms with E-state index in [0.29, 0.717) is 11.5 Å². The molecule has 4 rings (SSSR count). The molecule has 0 aromatic heterocycles. The first-order valence-electron chi connectivity index (χ1n) is 9.27. The molecule has 3 unspecified atom stereocenters. The van der Waals surface area contributed by atoms with Crippen molar-refractivity contribution in [2.24, 2.45) is 5.41 Å². The molecule has 130 valence electrons. The Morgan fingerprint density at radius 1 is 1.04 bits per heavy atom. The summed E-state index contributed by atoms with van der Waals surface area (Å²) >= 11 is 0. The van der Waals surface area contributed by atoms with Gasteiger partial charge in [0.25, 0.3) is 0 Å². The third-order valence-electron chi connectivity index (χ3n) is 5.74. The number of carbonyl (C=O) groups is 1. The number of rotatable bonds is 6. The van der Waals surface area contributed by atoms with Gasteiger partial charge in [0.15, 0.2) is 0 Å². The fraction of sp³-hybridized carbons (Fsp3) is 0.409. The van der Waals surface area contributed by atoms with E-state index >= 15 is 0 Å². The van der Waals surface area contributed by atoms with Crippen LogP contribution in [0.5, 0.6) is 0 Å². The standard InChI is InChI=1S/C22H26N2O/c1-22-14-19(24-20(22)15-22)21(25)23-18(12-16-8-4-2-5-9-16)13-17-10-6-3-7-11-17/h2-11,18-20,24H,12-15H2,1H3,(H,23,25). The molecular formula is C22H26N2O. The van der Waals surface area contributed by atoms with Crippen molar-refractivity contribution in [3.05, 3.63) is 71.8 Å². The van der Waals surface area contributed by atoms with Gasteiger partial charge in [-0.15, -0.1) is 0 Å². The van der Waals surface area contributed by atoms with Gasteiger partial charge >= 0.3 is 0 Å². The van der Waals surface area contributed by atoms with E-state index in [-0.39, 0.29) is 18.0 Å². The summed E-state index contributed by atoms with van der Waals surface area (Å²) in [4.78, 5) is 12.8. The summed E-state index contributed by atoms with van der Waals surface area (Å²) in [5, 5.41) is 6.80. The lowest BCUT2D eigenvalue weighted by Gasteiger charge is -2.22. The highest BCUT2D eigenvalue weighted by Gasteiger charge is 2.58. The summed E-state index contributed by atoms with van der Waals surface area (Å²) in [6.45, 7) is 2.28. The van der Waals surface area contributed by atoms with Gasteiger partial charge in [0.1, 0.15) is 0 Å². The molecule has 1 heterocycles. The Labute approximate surface area is 149 Å². The Kier molecular flexibility index (Phi) is 4.34. The first kappa shape index (κ1) is 16.3. The second-order valence-electron chi connectivity index (χ2n) is 7.92. The minimum Gasteiger partial charge on any atom is -0.351 e. The summed E-state index contributed by atoms with van der Waals surface area (Å²) < 4.78 is 0. The molecule has 2 aromatic rings. The van der Waals surface area contributed by atoms with E-state index in [1.807, 2.05) is 12.1 Å². The second kappa shape index (κ2) is 6.64. The van der Waals surface area contributed by atoms with Crippen LogP contribution in [0.3, 0.4) is 0 Å². The topological polar surface area (TPSA) is 41.1 Å². The zero-order chi connectivity index (χ0) is 17.3. The van der Waals surface area contributed by atoms with Crippen molar-refractivity contribution in [1.82, 2.24) is 10.6 Å². The van der Waals surface area contributed by atoms with Gasteiger partial charge in [-0.1, -0.05) is 67.6 Å². The fourth-order valence-corrected chi connectivity index (χ4v) is 4.10. The van der Waals surface area contributed by atoms with Gasteiger partial charge in [0, 0.05) is 12.1 Å². The summed E-state index contributed by atoms with van der Waals surface area (Å²) in [6, 6.07) is 21.5. The number of hydrogen-bond donors (Lipinski definition) is 2. The minimum absolute atomic E-state index is 0.0298. The minimum atomic E-state index is -0.0298. The number of piperidine rings is 1. The van der Waals surface area contributed by atoms with E-state index in [9.17, 15) is 4.79 Å². The smallest absolute Gasteiger partial charge is 0.237 e. The van der Waals surface area contributed by atoms with Gasteiger partial charge < -0.3 is 10.6 Å².